The predicted molar refractivity (Wildman–Crippen MR) is 75.7 cm³/mol. The van der Waals surface area contributed by atoms with Gasteiger partial charge in [-0.05, 0) is 42.1 Å². The van der Waals surface area contributed by atoms with E-state index in [0.717, 1.165) is 16.5 Å². The minimum Gasteiger partial charge on any atom is -0.399 e. The summed E-state index contributed by atoms with van der Waals surface area (Å²) in [6, 6.07) is 6.12. The van der Waals surface area contributed by atoms with Gasteiger partial charge >= 0.3 is 0 Å². The molecule has 0 aliphatic heterocycles. The molecule has 2 N–H and O–H groups in total. The molecule has 2 aromatic rings. The summed E-state index contributed by atoms with van der Waals surface area (Å²) in [5.41, 5.74) is 6.97. The van der Waals surface area contributed by atoms with E-state index in [4.69, 9.17) is 5.73 Å². The summed E-state index contributed by atoms with van der Waals surface area (Å²) in [4.78, 5) is 14.8. The lowest BCUT2D eigenvalue weighted by atomic mass is 10.1. The third kappa shape index (κ3) is 2.93. The fourth-order valence-electron chi connectivity index (χ4n) is 1.76. The molecule has 0 saturated heterocycles. The summed E-state index contributed by atoms with van der Waals surface area (Å²) in [5.74, 6) is -0.926. The second-order valence-electron chi connectivity index (χ2n) is 4.43. The van der Waals surface area contributed by atoms with Gasteiger partial charge in [-0.3, -0.25) is 4.79 Å². The number of anilines is 1. The molecule has 5 heteroatoms. The Balaban J connectivity index is 2.17. The minimum atomic E-state index is -0.584. The zero-order valence-corrected chi connectivity index (χ0v) is 11.6. The van der Waals surface area contributed by atoms with Crippen molar-refractivity contribution in [1.29, 1.82) is 0 Å². The largest absolute Gasteiger partial charge is 0.399 e. The van der Waals surface area contributed by atoms with E-state index in [2.05, 4.69) is 0 Å². The van der Waals surface area contributed by atoms with Gasteiger partial charge in [0, 0.05) is 17.6 Å². The normalized spacial score (nSPS) is 10.5. The Labute approximate surface area is 115 Å². The van der Waals surface area contributed by atoms with Crippen LogP contribution in [0.1, 0.15) is 20.8 Å². The fraction of sp³-hybridized carbons (Fsp3) is 0.214. The van der Waals surface area contributed by atoms with Crippen LogP contribution in [0.3, 0.4) is 0 Å². The molecule has 19 heavy (non-hydrogen) atoms. The maximum absolute atomic E-state index is 13.7. The average Bonchev–Trinajstić information content (AvgIpc) is 2.74. The van der Waals surface area contributed by atoms with E-state index >= 15 is 0 Å². The first-order valence-corrected chi connectivity index (χ1v) is 6.70. The summed E-state index contributed by atoms with van der Waals surface area (Å²) in [7, 11) is 1.66. The molecule has 100 valence electrons. The van der Waals surface area contributed by atoms with Crippen molar-refractivity contribution in [2.45, 2.75) is 13.5 Å². The van der Waals surface area contributed by atoms with E-state index in [1.54, 1.807) is 18.4 Å². The minimum absolute atomic E-state index is 0.0471. The van der Waals surface area contributed by atoms with Crippen LogP contribution in [-0.4, -0.2) is 17.9 Å². The van der Waals surface area contributed by atoms with Crippen molar-refractivity contribution >= 4 is 22.9 Å². The average molecular weight is 278 g/mol. The number of halogens is 1. The molecule has 0 spiro atoms. The Bertz CT molecular complexity index is 609. The third-order valence-electron chi connectivity index (χ3n) is 2.92. The Hall–Kier alpha value is -1.88. The van der Waals surface area contributed by atoms with E-state index in [1.165, 1.54) is 17.0 Å². The van der Waals surface area contributed by atoms with Gasteiger partial charge in [0.05, 0.1) is 12.1 Å². The highest BCUT2D eigenvalue weighted by atomic mass is 32.1. The number of nitrogen functional groups attached to an aromatic ring is 1. The van der Waals surface area contributed by atoms with E-state index in [0.29, 0.717) is 12.2 Å². The van der Waals surface area contributed by atoms with Crippen LogP contribution in [-0.2, 0) is 6.54 Å². The lowest BCUT2D eigenvalue weighted by molar-refractivity contribution is 0.0781. The molecule has 0 fully saturated rings. The molecule has 0 aliphatic carbocycles. The Morgan fingerprint density at radius 1 is 1.42 bits per heavy atom. The number of benzene rings is 1. The SMILES string of the molecule is Cc1ccsc1CN(C)C(=O)c1ccc(N)cc1F. The van der Waals surface area contributed by atoms with Gasteiger partial charge in [-0.1, -0.05) is 0 Å². The van der Waals surface area contributed by atoms with E-state index < -0.39 is 5.82 Å². The Morgan fingerprint density at radius 3 is 2.74 bits per heavy atom. The van der Waals surface area contributed by atoms with Crippen molar-refractivity contribution in [2.24, 2.45) is 0 Å². The Morgan fingerprint density at radius 2 is 2.16 bits per heavy atom. The standard InChI is InChI=1S/C14H15FN2OS/c1-9-5-6-19-13(9)8-17(2)14(18)11-4-3-10(16)7-12(11)15/h3-7H,8,16H2,1-2H3. The van der Waals surface area contributed by atoms with Gasteiger partial charge in [0.1, 0.15) is 5.82 Å². The van der Waals surface area contributed by atoms with Crippen molar-refractivity contribution in [3.63, 3.8) is 0 Å². The third-order valence-corrected chi connectivity index (χ3v) is 3.93. The number of carbonyl (C=O) groups excluding carboxylic acids is 1. The van der Waals surface area contributed by atoms with Gasteiger partial charge in [-0.25, -0.2) is 4.39 Å². The molecule has 0 saturated carbocycles. The molecule has 1 amide bonds. The van der Waals surface area contributed by atoms with E-state index in [1.807, 2.05) is 18.4 Å². The van der Waals surface area contributed by atoms with Crippen LogP contribution in [0, 0.1) is 12.7 Å². The summed E-state index contributed by atoms with van der Waals surface area (Å²) in [5, 5.41) is 1.98. The predicted octanol–water partition coefficient (Wildman–Crippen LogP) is 3.05. The van der Waals surface area contributed by atoms with Crippen LogP contribution in [0.25, 0.3) is 0 Å². The summed E-state index contributed by atoms with van der Waals surface area (Å²) >= 11 is 1.59. The number of rotatable bonds is 3. The maximum atomic E-state index is 13.7. The topological polar surface area (TPSA) is 46.3 Å². The Kier molecular flexibility index (Phi) is 3.85. The van der Waals surface area contributed by atoms with Crippen molar-refractivity contribution in [1.82, 2.24) is 4.90 Å². The van der Waals surface area contributed by atoms with Crippen molar-refractivity contribution in [3.8, 4) is 0 Å². The van der Waals surface area contributed by atoms with Crippen LogP contribution in [0.4, 0.5) is 10.1 Å². The first-order chi connectivity index (χ1) is 8.99. The number of hydrogen-bond acceptors (Lipinski definition) is 3. The lowest BCUT2D eigenvalue weighted by Crippen LogP contribution is -2.27. The lowest BCUT2D eigenvalue weighted by Gasteiger charge is -2.17. The van der Waals surface area contributed by atoms with Gasteiger partial charge in [-0.15, -0.1) is 11.3 Å². The second kappa shape index (κ2) is 5.40. The van der Waals surface area contributed by atoms with Crippen molar-refractivity contribution in [2.75, 3.05) is 12.8 Å². The monoisotopic (exact) mass is 278 g/mol. The van der Waals surface area contributed by atoms with Gasteiger partial charge in [0.2, 0.25) is 0 Å². The van der Waals surface area contributed by atoms with Crippen LogP contribution in [0.15, 0.2) is 29.6 Å². The molecule has 0 unspecified atom stereocenters. The quantitative estimate of drug-likeness (QED) is 0.877. The van der Waals surface area contributed by atoms with Crippen molar-refractivity contribution in [3.05, 3.63) is 51.5 Å². The summed E-state index contributed by atoms with van der Waals surface area (Å²) in [6.45, 7) is 2.47. The fourth-order valence-corrected chi connectivity index (χ4v) is 2.72. The number of amides is 1. The second-order valence-corrected chi connectivity index (χ2v) is 5.43. The molecule has 1 aromatic heterocycles. The van der Waals surface area contributed by atoms with Crippen LogP contribution in [0.2, 0.25) is 0 Å². The molecule has 2 rings (SSSR count). The maximum Gasteiger partial charge on any atom is 0.256 e. The molecule has 3 nitrogen and oxygen atoms in total. The molecular weight excluding hydrogens is 263 g/mol. The molecule has 1 heterocycles. The number of aryl methyl sites for hydroxylation is 1. The van der Waals surface area contributed by atoms with Crippen LogP contribution < -0.4 is 5.73 Å². The highest BCUT2D eigenvalue weighted by molar-refractivity contribution is 7.10. The summed E-state index contributed by atoms with van der Waals surface area (Å²) < 4.78 is 13.7. The van der Waals surface area contributed by atoms with Gasteiger partial charge < -0.3 is 10.6 Å². The molecule has 0 radical (unpaired) electrons. The number of nitrogens with zero attached hydrogens (tertiary/aromatic N) is 1. The van der Waals surface area contributed by atoms with Crippen LogP contribution in [0.5, 0.6) is 0 Å². The molecule has 0 bridgehead atoms. The van der Waals surface area contributed by atoms with Gasteiger partial charge in [-0.2, -0.15) is 0 Å². The van der Waals surface area contributed by atoms with Crippen LogP contribution >= 0.6 is 11.3 Å². The molecule has 0 aliphatic rings. The highest BCUT2D eigenvalue weighted by Crippen LogP contribution is 2.19. The van der Waals surface area contributed by atoms with E-state index in [-0.39, 0.29) is 11.5 Å². The number of carbonyl (C=O) groups is 1. The highest BCUT2D eigenvalue weighted by Gasteiger charge is 2.17. The van der Waals surface area contributed by atoms with Gasteiger partial charge in [0.15, 0.2) is 0 Å². The number of hydrogen-bond donors (Lipinski definition) is 1. The van der Waals surface area contributed by atoms with E-state index in [9.17, 15) is 9.18 Å². The number of nitrogens with two attached hydrogens (primary N) is 1. The zero-order chi connectivity index (χ0) is 14.0. The number of thiophene rings is 1. The smallest absolute Gasteiger partial charge is 0.256 e. The zero-order valence-electron chi connectivity index (χ0n) is 10.8. The first-order valence-electron chi connectivity index (χ1n) is 5.82. The summed E-state index contributed by atoms with van der Waals surface area (Å²) in [6.07, 6.45) is 0. The molecule has 0 atom stereocenters. The molecule has 1 aromatic carbocycles. The van der Waals surface area contributed by atoms with Crippen molar-refractivity contribution < 1.29 is 9.18 Å². The molecular formula is C14H15FN2OS. The first kappa shape index (κ1) is 13.5. The van der Waals surface area contributed by atoms with Gasteiger partial charge in [0.25, 0.3) is 5.91 Å².